The summed E-state index contributed by atoms with van der Waals surface area (Å²) in [7, 11) is 0. The Bertz CT molecular complexity index is 334. The van der Waals surface area contributed by atoms with Crippen LogP contribution in [0.2, 0.25) is 0 Å². The lowest BCUT2D eigenvalue weighted by atomic mass is 10.00. The van der Waals surface area contributed by atoms with Crippen LogP contribution >= 0.6 is 11.6 Å². The monoisotopic (exact) mass is 244 g/mol. The molecular formula is C10H13ClN2O3. The molecule has 5 nitrogen and oxygen atoms in total. The fraction of sp³-hybridized carbons (Fsp3) is 0.700. The zero-order chi connectivity index (χ0) is 11.9. The van der Waals surface area contributed by atoms with Crippen LogP contribution in [0.4, 0.5) is 0 Å². The largest absolute Gasteiger partial charge is 0.340 e. The molecule has 0 radical (unpaired) electrons. The van der Waals surface area contributed by atoms with Crippen molar-refractivity contribution in [2.24, 2.45) is 11.8 Å². The van der Waals surface area contributed by atoms with Crippen LogP contribution in [0.1, 0.15) is 6.92 Å². The fourth-order valence-corrected chi connectivity index (χ4v) is 2.58. The summed E-state index contributed by atoms with van der Waals surface area (Å²) < 4.78 is 0. The number of carbonyl (C=O) groups excluding carboxylic acids is 3. The zero-order valence-electron chi connectivity index (χ0n) is 8.98. The number of carbonyl (C=O) groups is 3. The van der Waals surface area contributed by atoms with E-state index in [1.165, 1.54) is 9.80 Å². The van der Waals surface area contributed by atoms with E-state index in [1.807, 2.05) is 0 Å². The molecule has 0 aliphatic carbocycles. The van der Waals surface area contributed by atoms with E-state index in [2.05, 4.69) is 0 Å². The first-order valence-electron chi connectivity index (χ1n) is 5.29. The summed E-state index contributed by atoms with van der Waals surface area (Å²) in [5, 5.41) is 0. The Morgan fingerprint density at radius 2 is 1.81 bits per heavy atom. The van der Waals surface area contributed by atoms with Crippen molar-refractivity contribution in [3.63, 3.8) is 0 Å². The molecule has 6 heteroatoms. The molecule has 0 bridgehead atoms. The van der Waals surface area contributed by atoms with Crippen molar-refractivity contribution in [3.8, 4) is 0 Å². The van der Waals surface area contributed by atoms with Gasteiger partial charge in [0.2, 0.25) is 17.7 Å². The molecule has 2 fully saturated rings. The number of nitrogens with zero attached hydrogens (tertiary/aromatic N) is 2. The highest BCUT2D eigenvalue weighted by Crippen LogP contribution is 2.33. The van der Waals surface area contributed by atoms with E-state index in [9.17, 15) is 14.4 Å². The molecule has 2 aliphatic rings. The van der Waals surface area contributed by atoms with Gasteiger partial charge in [0.15, 0.2) is 0 Å². The molecule has 0 aromatic carbocycles. The molecule has 0 unspecified atom stereocenters. The Kier molecular flexibility index (Phi) is 2.88. The van der Waals surface area contributed by atoms with Crippen LogP contribution < -0.4 is 0 Å². The molecule has 3 amide bonds. The number of amides is 3. The maximum atomic E-state index is 11.8. The number of alkyl halides is 1. The Hall–Kier alpha value is -1.10. The predicted molar refractivity (Wildman–Crippen MR) is 56.7 cm³/mol. The molecule has 2 rings (SSSR count). The first kappa shape index (κ1) is 11.4. The molecular weight excluding hydrogens is 232 g/mol. The van der Waals surface area contributed by atoms with Crippen LogP contribution in [0.5, 0.6) is 0 Å². The summed E-state index contributed by atoms with van der Waals surface area (Å²) in [6.07, 6.45) is 0. The average molecular weight is 245 g/mol. The van der Waals surface area contributed by atoms with Gasteiger partial charge in [-0.3, -0.25) is 19.3 Å². The minimum Gasteiger partial charge on any atom is -0.340 e. The van der Waals surface area contributed by atoms with E-state index in [-0.39, 0.29) is 35.4 Å². The van der Waals surface area contributed by atoms with Crippen molar-refractivity contribution in [3.05, 3.63) is 0 Å². The summed E-state index contributed by atoms with van der Waals surface area (Å²) in [5.41, 5.74) is 0. The van der Waals surface area contributed by atoms with Crippen LogP contribution in [0, 0.1) is 11.8 Å². The van der Waals surface area contributed by atoms with Gasteiger partial charge in [-0.15, -0.1) is 11.6 Å². The molecule has 0 N–H and O–H groups in total. The average Bonchev–Trinajstić information content (AvgIpc) is 2.80. The van der Waals surface area contributed by atoms with Crippen LogP contribution in [0.15, 0.2) is 0 Å². The van der Waals surface area contributed by atoms with Crippen molar-refractivity contribution >= 4 is 29.3 Å². The molecule has 2 aliphatic heterocycles. The van der Waals surface area contributed by atoms with E-state index in [1.54, 1.807) is 6.92 Å². The SMILES string of the molecule is CCN1C(=O)[C@H]2CN(C(=O)CCl)C[C@H]2C1=O. The van der Waals surface area contributed by atoms with E-state index >= 15 is 0 Å². The van der Waals surface area contributed by atoms with Crippen LogP contribution in [0.3, 0.4) is 0 Å². The molecule has 2 atom stereocenters. The highest BCUT2D eigenvalue weighted by atomic mass is 35.5. The van der Waals surface area contributed by atoms with Gasteiger partial charge in [0.1, 0.15) is 5.88 Å². The van der Waals surface area contributed by atoms with Gasteiger partial charge < -0.3 is 4.90 Å². The van der Waals surface area contributed by atoms with Gasteiger partial charge in [-0.05, 0) is 6.92 Å². The number of fused-ring (bicyclic) bond motifs is 1. The van der Waals surface area contributed by atoms with Crippen molar-refractivity contribution in [1.29, 1.82) is 0 Å². The van der Waals surface area contributed by atoms with Gasteiger partial charge in [-0.25, -0.2) is 0 Å². The van der Waals surface area contributed by atoms with E-state index in [0.717, 1.165) is 0 Å². The molecule has 0 spiro atoms. The van der Waals surface area contributed by atoms with E-state index in [4.69, 9.17) is 11.6 Å². The third-order valence-electron chi connectivity index (χ3n) is 3.27. The second-order valence-corrected chi connectivity index (χ2v) is 4.33. The molecule has 2 saturated heterocycles. The van der Waals surface area contributed by atoms with E-state index in [0.29, 0.717) is 19.6 Å². The lowest BCUT2D eigenvalue weighted by Gasteiger charge is -2.18. The second kappa shape index (κ2) is 4.05. The smallest absolute Gasteiger partial charge is 0.237 e. The zero-order valence-corrected chi connectivity index (χ0v) is 9.74. The molecule has 0 aromatic rings. The first-order valence-corrected chi connectivity index (χ1v) is 5.82. The topological polar surface area (TPSA) is 57.7 Å². The number of hydrogen-bond acceptors (Lipinski definition) is 3. The van der Waals surface area contributed by atoms with Crippen molar-refractivity contribution in [2.45, 2.75) is 6.92 Å². The number of likely N-dealkylation sites (tertiary alicyclic amines) is 2. The van der Waals surface area contributed by atoms with Crippen molar-refractivity contribution < 1.29 is 14.4 Å². The van der Waals surface area contributed by atoms with Crippen LogP contribution in [0.25, 0.3) is 0 Å². The molecule has 2 heterocycles. The normalized spacial score (nSPS) is 28.9. The standard InChI is InChI=1S/C10H13ClN2O3/c1-2-13-9(15)6-4-12(8(14)3-11)5-7(6)10(13)16/h6-7H,2-5H2,1H3/t6-,7+. The third-order valence-corrected chi connectivity index (χ3v) is 3.50. The Morgan fingerprint density at radius 1 is 1.31 bits per heavy atom. The Balaban J connectivity index is 2.14. The van der Waals surface area contributed by atoms with Crippen molar-refractivity contribution in [2.75, 3.05) is 25.5 Å². The number of hydrogen-bond donors (Lipinski definition) is 0. The molecule has 16 heavy (non-hydrogen) atoms. The van der Waals surface area contributed by atoms with Gasteiger partial charge in [0, 0.05) is 19.6 Å². The van der Waals surface area contributed by atoms with Gasteiger partial charge >= 0.3 is 0 Å². The van der Waals surface area contributed by atoms with Gasteiger partial charge in [-0.2, -0.15) is 0 Å². The summed E-state index contributed by atoms with van der Waals surface area (Å²) >= 11 is 5.45. The lowest BCUT2D eigenvalue weighted by Crippen LogP contribution is -2.38. The predicted octanol–water partition coefficient (Wildman–Crippen LogP) is -0.312. The summed E-state index contributed by atoms with van der Waals surface area (Å²) in [6, 6.07) is 0. The van der Waals surface area contributed by atoms with Crippen molar-refractivity contribution in [1.82, 2.24) is 9.80 Å². The summed E-state index contributed by atoms with van der Waals surface area (Å²) in [5.74, 6) is -1.30. The highest BCUT2D eigenvalue weighted by Gasteiger charge is 2.52. The molecule has 88 valence electrons. The van der Waals surface area contributed by atoms with Crippen LogP contribution in [-0.4, -0.2) is 53.0 Å². The highest BCUT2D eigenvalue weighted by molar-refractivity contribution is 6.27. The number of imide groups is 1. The second-order valence-electron chi connectivity index (χ2n) is 4.07. The van der Waals surface area contributed by atoms with E-state index < -0.39 is 0 Å². The van der Waals surface area contributed by atoms with Crippen LogP contribution in [-0.2, 0) is 14.4 Å². The lowest BCUT2D eigenvalue weighted by molar-refractivity contribution is -0.140. The fourth-order valence-electron chi connectivity index (χ4n) is 2.41. The van der Waals surface area contributed by atoms with Gasteiger partial charge in [-0.1, -0.05) is 0 Å². The minimum atomic E-state index is -0.348. The molecule has 0 aromatic heterocycles. The first-order chi connectivity index (χ1) is 7.60. The number of halogens is 1. The van der Waals surface area contributed by atoms with Gasteiger partial charge in [0.05, 0.1) is 11.8 Å². The minimum absolute atomic E-state index is 0.0979. The Morgan fingerprint density at radius 3 is 2.19 bits per heavy atom. The summed E-state index contributed by atoms with van der Waals surface area (Å²) in [4.78, 5) is 37.8. The molecule has 0 saturated carbocycles. The summed E-state index contributed by atoms with van der Waals surface area (Å²) in [6.45, 7) is 2.85. The third kappa shape index (κ3) is 1.50. The maximum absolute atomic E-state index is 11.8. The quantitative estimate of drug-likeness (QED) is 0.495. The maximum Gasteiger partial charge on any atom is 0.237 e. The Labute approximate surface area is 98.3 Å². The number of rotatable bonds is 2. The van der Waals surface area contributed by atoms with Gasteiger partial charge in [0.25, 0.3) is 0 Å².